The second kappa shape index (κ2) is 11.4. The van der Waals surface area contributed by atoms with Crippen LogP contribution in [-0.4, -0.2) is 49.8 Å². The maximum atomic E-state index is 13.0. The number of carboxylic acid groups (broad SMARTS) is 1. The van der Waals surface area contributed by atoms with E-state index in [2.05, 4.69) is 10.3 Å². The molecule has 0 aliphatic rings. The Hall–Kier alpha value is -3.93. The minimum absolute atomic E-state index is 0.00268. The van der Waals surface area contributed by atoms with Gasteiger partial charge in [-0.1, -0.05) is 6.07 Å². The highest BCUT2D eigenvalue weighted by Gasteiger charge is 2.31. The third-order valence-electron chi connectivity index (χ3n) is 6.01. The number of aromatic carboxylic acids is 1. The zero-order valence-corrected chi connectivity index (χ0v) is 21.2. The number of nitrogens with zero attached hydrogens (tertiary/aromatic N) is 2. The first-order valence-electron chi connectivity index (χ1n) is 12.2. The Morgan fingerprint density at radius 3 is 2.36 bits per heavy atom. The molecule has 0 radical (unpaired) electrons. The van der Waals surface area contributed by atoms with E-state index >= 15 is 0 Å². The van der Waals surface area contributed by atoms with Crippen LogP contribution in [0.2, 0.25) is 0 Å². The molecule has 8 nitrogen and oxygen atoms in total. The van der Waals surface area contributed by atoms with Crippen molar-refractivity contribution in [2.45, 2.75) is 45.4 Å². The number of alkyl halides is 3. The molecule has 0 spiro atoms. The van der Waals surface area contributed by atoms with Crippen molar-refractivity contribution in [2.75, 3.05) is 6.54 Å². The molecule has 0 amide bonds. The summed E-state index contributed by atoms with van der Waals surface area (Å²) in [5.41, 5.74) is 1.52. The summed E-state index contributed by atoms with van der Waals surface area (Å²) >= 11 is 0. The van der Waals surface area contributed by atoms with Gasteiger partial charge in [0.1, 0.15) is 11.4 Å². The van der Waals surface area contributed by atoms with Crippen LogP contribution >= 0.6 is 0 Å². The fourth-order valence-corrected chi connectivity index (χ4v) is 4.31. The predicted molar refractivity (Wildman–Crippen MR) is 139 cm³/mol. The van der Waals surface area contributed by atoms with Crippen molar-refractivity contribution in [1.29, 1.82) is 0 Å². The van der Waals surface area contributed by atoms with Crippen molar-refractivity contribution in [3.8, 4) is 22.7 Å². The van der Waals surface area contributed by atoms with Crippen molar-refractivity contribution in [1.82, 2.24) is 14.9 Å². The summed E-state index contributed by atoms with van der Waals surface area (Å²) in [7, 11) is 0. The van der Waals surface area contributed by atoms with E-state index in [1.165, 1.54) is 6.07 Å². The highest BCUT2D eigenvalue weighted by atomic mass is 19.4. The van der Waals surface area contributed by atoms with Gasteiger partial charge in [-0.05, 0) is 62.4 Å². The molecule has 39 heavy (non-hydrogen) atoms. The number of fused-ring (bicyclic) bond motifs is 1. The van der Waals surface area contributed by atoms with Crippen molar-refractivity contribution >= 4 is 16.9 Å². The summed E-state index contributed by atoms with van der Waals surface area (Å²) < 4.78 is 46.3. The summed E-state index contributed by atoms with van der Waals surface area (Å²) in [4.78, 5) is 16.5. The van der Waals surface area contributed by atoms with Crippen molar-refractivity contribution in [3.05, 3.63) is 77.6 Å². The van der Waals surface area contributed by atoms with E-state index in [1.807, 2.05) is 13.8 Å². The fourth-order valence-electron chi connectivity index (χ4n) is 4.31. The van der Waals surface area contributed by atoms with Gasteiger partial charge in [-0.3, -0.25) is 4.98 Å². The molecule has 206 valence electrons. The number of aromatic nitrogens is 2. The van der Waals surface area contributed by atoms with Crippen LogP contribution < -0.4 is 10.1 Å². The molecule has 0 aliphatic heterocycles. The Labute approximate surface area is 222 Å². The SMILES string of the molecule is CC(C)Oc1ccc(-n2c(C(=O)O)c(CNCCC(O)O)c3cc(-c4ccc(C(F)(F)F)cn4)ccc32)cc1. The third kappa shape index (κ3) is 6.39. The number of pyridine rings is 1. The number of ether oxygens (including phenoxy) is 1. The van der Waals surface area contributed by atoms with Gasteiger partial charge in [-0.2, -0.15) is 13.2 Å². The molecule has 0 bridgehead atoms. The minimum atomic E-state index is -4.51. The number of carbonyl (C=O) groups is 1. The first-order chi connectivity index (χ1) is 18.5. The lowest BCUT2D eigenvalue weighted by atomic mass is 10.0. The molecule has 2 aromatic heterocycles. The number of aliphatic hydroxyl groups excluding tert-OH is 1. The van der Waals surface area contributed by atoms with E-state index in [0.29, 0.717) is 39.2 Å². The Balaban J connectivity index is 1.84. The zero-order valence-electron chi connectivity index (χ0n) is 21.2. The summed E-state index contributed by atoms with van der Waals surface area (Å²) in [6, 6.07) is 14.3. The number of hydrogen-bond acceptors (Lipinski definition) is 6. The first-order valence-corrected chi connectivity index (χ1v) is 12.2. The largest absolute Gasteiger partial charge is 0.491 e. The Bertz CT molecular complexity index is 1450. The molecule has 0 unspecified atom stereocenters. The molecule has 0 atom stereocenters. The lowest BCUT2D eigenvalue weighted by Gasteiger charge is -2.13. The van der Waals surface area contributed by atoms with E-state index in [-0.39, 0.29) is 31.3 Å². The molecule has 0 aliphatic carbocycles. The van der Waals surface area contributed by atoms with Gasteiger partial charge in [-0.25, -0.2) is 4.79 Å². The van der Waals surface area contributed by atoms with Crippen LogP contribution in [-0.2, 0) is 12.7 Å². The standard InChI is InChI=1S/C28H28F3N3O5/c1-16(2)39-20-7-5-19(6-8-20)34-24-10-3-17(23-9-4-18(14-33-23)28(29,30)31)13-21(24)22(26(34)27(37)38)15-32-12-11-25(35)36/h3-10,13-14,16,25,32,35-36H,11-12,15H2,1-2H3,(H,37,38). The van der Waals surface area contributed by atoms with Gasteiger partial charge in [0.25, 0.3) is 0 Å². The number of carboxylic acids is 1. The summed E-state index contributed by atoms with van der Waals surface area (Å²) in [5.74, 6) is -0.552. The van der Waals surface area contributed by atoms with Gasteiger partial charge >= 0.3 is 12.1 Å². The Kier molecular flexibility index (Phi) is 8.24. The number of hydrogen-bond donors (Lipinski definition) is 4. The van der Waals surface area contributed by atoms with Crippen molar-refractivity contribution in [3.63, 3.8) is 0 Å². The van der Waals surface area contributed by atoms with Crippen LogP contribution in [0.5, 0.6) is 5.75 Å². The molecule has 0 fully saturated rings. The maximum Gasteiger partial charge on any atom is 0.417 e. The van der Waals surface area contributed by atoms with E-state index in [4.69, 9.17) is 14.9 Å². The Morgan fingerprint density at radius 1 is 1.08 bits per heavy atom. The fraction of sp³-hybridized carbons (Fsp3) is 0.286. The molecule has 4 N–H and O–H groups in total. The monoisotopic (exact) mass is 543 g/mol. The highest BCUT2D eigenvalue weighted by Crippen LogP contribution is 2.35. The molecule has 4 aromatic rings. The summed E-state index contributed by atoms with van der Waals surface area (Å²) in [6.45, 7) is 4.10. The van der Waals surface area contributed by atoms with E-state index in [0.717, 1.165) is 12.3 Å². The topological polar surface area (TPSA) is 117 Å². The minimum Gasteiger partial charge on any atom is -0.491 e. The summed E-state index contributed by atoms with van der Waals surface area (Å²) in [6.07, 6.45) is -5.26. The van der Waals surface area contributed by atoms with Crippen LogP contribution in [0.25, 0.3) is 27.8 Å². The highest BCUT2D eigenvalue weighted by molar-refractivity contribution is 6.01. The zero-order chi connectivity index (χ0) is 28.3. The van der Waals surface area contributed by atoms with E-state index in [9.17, 15) is 23.1 Å². The van der Waals surface area contributed by atoms with E-state index < -0.39 is 24.0 Å². The average Bonchev–Trinajstić information content (AvgIpc) is 3.20. The van der Waals surface area contributed by atoms with Crippen LogP contribution in [0.15, 0.2) is 60.8 Å². The number of benzene rings is 2. The van der Waals surface area contributed by atoms with Gasteiger partial charge in [0, 0.05) is 47.9 Å². The van der Waals surface area contributed by atoms with Crippen LogP contribution in [0.4, 0.5) is 13.2 Å². The molecular weight excluding hydrogens is 515 g/mol. The Morgan fingerprint density at radius 2 is 1.79 bits per heavy atom. The van der Waals surface area contributed by atoms with Crippen LogP contribution in [0, 0.1) is 0 Å². The van der Waals surface area contributed by atoms with Crippen molar-refractivity contribution in [2.24, 2.45) is 0 Å². The van der Waals surface area contributed by atoms with Gasteiger partial charge in [-0.15, -0.1) is 0 Å². The van der Waals surface area contributed by atoms with Gasteiger partial charge in [0.15, 0.2) is 6.29 Å². The maximum absolute atomic E-state index is 13.0. The van der Waals surface area contributed by atoms with Gasteiger partial charge in [0.05, 0.1) is 22.9 Å². The smallest absolute Gasteiger partial charge is 0.417 e. The normalized spacial score (nSPS) is 12.0. The number of aliphatic hydroxyl groups is 2. The average molecular weight is 544 g/mol. The molecular formula is C28H28F3N3O5. The molecule has 0 saturated carbocycles. The predicted octanol–water partition coefficient (Wildman–Crippen LogP) is 4.99. The molecule has 11 heteroatoms. The third-order valence-corrected chi connectivity index (χ3v) is 6.01. The van der Waals surface area contributed by atoms with Crippen LogP contribution in [0.3, 0.4) is 0 Å². The van der Waals surface area contributed by atoms with Crippen LogP contribution in [0.1, 0.15) is 41.9 Å². The van der Waals surface area contributed by atoms with E-state index in [1.54, 1.807) is 47.0 Å². The molecule has 2 heterocycles. The van der Waals surface area contributed by atoms with Crippen molar-refractivity contribution < 1.29 is 38.0 Å². The first kappa shape index (κ1) is 28.1. The summed E-state index contributed by atoms with van der Waals surface area (Å²) in [5, 5.41) is 32.2. The lowest BCUT2D eigenvalue weighted by Crippen LogP contribution is -2.21. The second-order valence-electron chi connectivity index (χ2n) is 9.24. The van der Waals surface area contributed by atoms with Gasteiger partial charge < -0.3 is 29.9 Å². The quantitative estimate of drug-likeness (QED) is 0.165. The molecule has 2 aromatic carbocycles. The molecule has 0 saturated heterocycles. The second-order valence-corrected chi connectivity index (χ2v) is 9.24. The van der Waals surface area contributed by atoms with Gasteiger partial charge in [0.2, 0.25) is 0 Å². The number of nitrogens with one attached hydrogen (secondary N) is 1. The number of halogens is 3. The number of rotatable bonds is 10. The molecule has 4 rings (SSSR count). The lowest BCUT2D eigenvalue weighted by molar-refractivity contribution is -0.137.